The molecule has 0 radical (unpaired) electrons. The fraction of sp³-hybridized carbons (Fsp3) is 1.00. The summed E-state index contributed by atoms with van der Waals surface area (Å²) in [7, 11) is -3.08. The van der Waals surface area contributed by atoms with Crippen LogP contribution in [-0.4, -0.2) is 68.7 Å². The third kappa shape index (κ3) is 3.90. The van der Waals surface area contributed by atoms with Gasteiger partial charge in [0.05, 0.1) is 5.75 Å². The predicted molar refractivity (Wildman–Crippen MR) is 77.7 cm³/mol. The van der Waals surface area contributed by atoms with Crippen molar-refractivity contribution < 1.29 is 8.42 Å². The van der Waals surface area contributed by atoms with Gasteiger partial charge in [0, 0.05) is 45.3 Å². The Hall–Kier alpha value is -0.170. The van der Waals surface area contributed by atoms with Gasteiger partial charge >= 0.3 is 0 Å². The van der Waals surface area contributed by atoms with Crippen molar-refractivity contribution >= 4 is 10.0 Å². The van der Waals surface area contributed by atoms with Gasteiger partial charge < -0.3 is 5.32 Å². The van der Waals surface area contributed by atoms with E-state index in [1.54, 1.807) is 4.31 Å². The summed E-state index contributed by atoms with van der Waals surface area (Å²) in [4.78, 5) is 2.24. The number of sulfonamides is 1. The molecule has 2 aliphatic heterocycles. The predicted octanol–water partition coefficient (Wildman–Crippen LogP) is 0.342. The van der Waals surface area contributed by atoms with Gasteiger partial charge in [0.25, 0.3) is 0 Å². The van der Waals surface area contributed by atoms with E-state index in [2.05, 4.69) is 24.1 Å². The monoisotopic (exact) mass is 289 g/mol. The van der Waals surface area contributed by atoms with Gasteiger partial charge in [0.1, 0.15) is 0 Å². The highest BCUT2D eigenvalue weighted by Gasteiger charge is 2.35. The molecule has 1 N–H and O–H groups in total. The molecule has 0 aromatic rings. The summed E-state index contributed by atoms with van der Waals surface area (Å²) in [5.74, 6) is 0.687. The average molecular weight is 289 g/mol. The lowest BCUT2D eigenvalue weighted by molar-refractivity contribution is 0.250. The average Bonchev–Trinajstić information content (AvgIpc) is 2.88. The van der Waals surface area contributed by atoms with Crippen molar-refractivity contribution in [3.8, 4) is 0 Å². The molecular weight excluding hydrogens is 262 g/mol. The molecule has 0 bridgehead atoms. The van der Waals surface area contributed by atoms with Crippen molar-refractivity contribution in [1.82, 2.24) is 14.5 Å². The Morgan fingerprint density at radius 2 is 1.89 bits per heavy atom. The van der Waals surface area contributed by atoms with Gasteiger partial charge in [-0.25, -0.2) is 8.42 Å². The zero-order chi connectivity index (χ0) is 13.9. The molecule has 0 spiro atoms. The van der Waals surface area contributed by atoms with Crippen LogP contribution in [0.25, 0.3) is 0 Å². The molecular formula is C13H27N3O2S. The summed E-state index contributed by atoms with van der Waals surface area (Å²) in [6, 6.07) is 0.216. The number of piperazine rings is 1. The maximum Gasteiger partial charge on any atom is 0.215 e. The highest BCUT2D eigenvalue weighted by atomic mass is 32.2. The number of rotatable bonds is 5. The molecule has 2 aliphatic rings. The van der Waals surface area contributed by atoms with Crippen LogP contribution in [0, 0.1) is 5.92 Å². The van der Waals surface area contributed by atoms with Crippen molar-refractivity contribution in [3.63, 3.8) is 0 Å². The smallest absolute Gasteiger partial charge is 0.215 e. The first-order valence-electron chi connectivity index (χ1n) is 7.43. The van der Waals surface area contributed by atoms with Crippen molar-refractivity contribution in [1.29, 1.82) is 0 Å². The van der Waals surface area contributed by atoms with Crippen LogP contribution in [0.5, 0.6) is 0 Å². The van der Waals surface area contributed by atoms with Gasteiger partial charge in [-0.05, 0) is 18.8 Å². The van der Waals surface area contributed by atoms with Crippen LogP contribution in [-0.2, 0) is 10.0 Å². The zero-order valence-corrected chi connectivity index (χ0v) is 13.0. The first-order valence-corrected chi connectivity index (χ1v) is 9.04. The van der Waals surface area contributed by atoms with Crippen molar-refractivity contribution in [2.24, 2.45) is 5.92 Å². The summed E-state index contributed by atoms with van der Waals surface area (Å²) in [5, 5.41) is 3.29. The summed E-state index contributed by atoms with van der Waals surface area (Å²) < 4.78 is 26.7. The number of nitrogens with one attached hydrogen (secondary N) is 1. The van der Waals surface area contributed by atoms with Crippen LogP contribution in [0.3, 0.4) is 0 Å². The molecule has 2 saturated heterocycles. The van der Waals surface area contributed by atoms with Crippen LogP contribution in [0.15, 0.2) is 0 Å². The van der Waals surface area contributed by atoms with E-state index in [1.807, 2.05) is 0 Å². The Morgan fingerprint density at radius 3 is 2.53 bits per heavy atom. The summed E-state index contributed by atoms with van der Waals surface area (Å²) >= 11 is 0. The molecule has 19 heavy (non-hydrogen) atoms. The Bertz CT molecular complexity index is 377. The molecule has 1 atom stereocenters. The van der Waals surface area contributed by atoms with Gasteiger partial charge in [0.15, 0.2) is 0 Å². The first-order chi connectivity index (χ1) is 9.00. The Morgan fingerprint density at radius 1 is 1.21 bits per heavy atom. The number of nitrogens with zero attached hydrogens (tertiary/aromatic N) is 2. The third-order valence-electron chi connectivity index (χ3n) is 4.25. The third-order valence-corrected chi connectivity index (χ3v) is 6.12. The normalized spacial score (nSPS) is 27.2. The summed E-state index contributed by atoms with van der Waals surface area (Å²) in [6.07, 6.45) is 2.03. The first kappa shape index (κ1) is 15.2. The molecule has 0 amide bonds. The lowest BCUT2D eigenvalue weighted by Gasteiger charge is -2.30. The molecule has 112 valence electrons. The molecule has 5 nitrogen and oxygen atoms in total. The molecule has 0 aromatic carbocycles. The van der Waals surface area contributed by atoms with Crippen LogP contribution in [0.4, 0.5) is 0 Å². The summed E-state index contributed by atoms with van der Waals surface area (Å²) in [5.41, 5.74) is 0. The van der Waals surface area contributed by atoms with Crippen LogP contribution in [0.2, 0.25) is 0 Å². The molecule has 0 aromatic heterocycles. The standard InChI is InChI=1S/C13H27N3O2S/c1-12(2)13-4-3-7-16(13)19(17,18)11-10-15-8-5-14-6-9-15/h12-14H,3-11H2,1-2H3. The van der Waals surface area contributed by atoms with E-state index < -0.39 is 10.0 Å². The SMILES string of the molecule is CC(C)C1CCCN1S(=O)(=O)CCN1CCNCC1. The molecule has 2 heterocycles. The quantitative estimate of drug-likeness (QED) is 0.793. The molecule has 2 fully saturated rings. The van der Waals surface area contributed by atoms with Crippen molar-refractivity contribution in [3.05, 3.63) is 0 Å². The fourth-order valence-electron chi connectivity index (χ4n) is 3.07. The van der Waals surface area contributed by atoms with Crippen LogP contribution in [0.1, 0.15) is 26.7 Å². The van der Waals surface area contributed by atoms with E-state index in [0.29, 0.717) is 19.0 Å². The number of hydrogen-bond donors (Lipinski definition) is 1. The fourth-order valence-corrected chi connectivity index (χ4v) is 4.97. The second kappa shape index (κ2) is 6.52. The highest BCUT2D eigenvalue weighted by Crippen LogP contribution is 2.26. The molecule has 0 saturated carbocycles. The maximum absolute atomic E-state index is 12.5. The van der Waals surface area contributed by atoms with E-state index in [1.165, 1.54) is 0 Å². The second-order valence-corrected chi connectivity index (χ2v) is 8.01. The van der Waals surface area contributed by atoms with Gasteiger partial charge in [0.2, 0.25) is 10.0 Å². The van der Waals surface area contributed by atoms with Crippen molar-refractivity contribution in [2.45, 2.75) is 32.7 Å². The Kier molecular flexibility index (Phi) is 5.22. The van der Waals surface area contributed by atoms with E-state index in [4.69, 9.17) is 0 Å². The Balaban J connectivity index is 1.90. The number of hydrogen-bond acceptors (Lipinski definition) is 4. The highest BCUT2D eigenvalue weighted by molar-refractivity contribution is 7.89. The maximum atomic E-state index is 12.5. The van der Waals surface area contributed by atoms with Crippen molar-refractivity contribution in [2.75, 3.05) is 45.0 Å². The van der Waals surface area contributed by atoms with E-state index in [0.717, 1.165) is 39.0 Å². The second-order valence-electron chi connectivity index (χ2n) is 5.97. The minimum atomic E-state index is -3.08. The van der Waals surface area contributed by atoms with Gasteiger partial charge in [-0.2, -0.15) is 4.31 Å². The topological polar surface area (TPSA) is 52.7 Å². The van der Waals surface area contributed by atoms with E-state index in [-0.39, 0.29) is 11.8 Å². The van der Waals surface area contributed by atoms with Gasteiger partial charge in [-0.1, -0.05) is 13.8 Å². The van der Waals surface area contributed by atoms with Gasteiger partial charge in [-0.3, -0.25) is 4.90 Å². The lowest BCUT2D eigenvalue weighted by atomic mass is 10.0. The molecule has 0 aliphatic carbocycles. The van der Waals surface area contributed by atoms with E-state index in [9.17, 15) is 8.42 Å². The van der Waals surface area contributed by atoms with Gasteiger partial charge in [-0.15, -0.1) is 0 Å². The summed E-state index contributed by atoms with van der Waals surface area (Å²) in [6.45, 7) is 9.49. The zero-order valence-electron chi connectivity index (χ0n) is 12.1. The Labute approximate surface area is 117 Å². The molecule has 1 unspecified atom stereocenters. The minimum absolute atomic E-state index is 0.216. The van der Waals surface area contributed by atoms with Crippen LogP contribution < -0.4 is 5.32 Å². The largest absolute Gasteiger partial charge is 0.314 e. The molecule has 6 heteroatoms. The van der Waals surface area contributed by atoms with E-state index >= 15 is 0 Å². The molecule has 2 rings (SSSR count). The minimum Gasteiger partial charge on any atom is -0.314 e. The lowest BCUT2D eigenvalue weighted by Crippen LogP contribution is -2.47. The van der Waals surface area contributed by atoms with Crippen LogP contribution >= 0.6 is 0 Å².